The van der Waals surface area contributed by atoms with Crippen molar-refractivity contribution >= 4 is 34.2 Å². The first-order chi connectivity index (χ1) is 8.66. The monoisotopic (exact) mass is 352 g/mol. The molecule has 0 aliphatic heterocycles. The molecule has 0 atom stereocenters. The van der Waals surface area contributed by atoms with E-state index < -0.39 is 0 Å². The summed E-state index contributed by atoms with van der Waals surface area (Å²) >= 11 is 2.25. The molecule has 2 aromatic rings. The predicted molar refractivity (Wildman–Crippen MR) is 81.2 cm³/mol. The number of carbonyl (C=O) groups excluding carboxylic acids is 1. The van der Waals surface area contributed by atoms with Gasteiger partial charge < -0.3 is 11.1 Å². The fourth-order valence-corrected chi connectivity index (χ4v) is 1.94. The van der Waals surface area contributed by atoms with Crippen LogP contribution in [0.25, 0.3) is 0 Å². The Balaban J connectivity index is 2.01. The number of amides is 1. The summed E-state index contributed by atoms with van der Waals surface area (Å²) in [6.07, 6.45) is 0. The summed E-state index contributed by atoms with van der Waals surface area (Å²) in [4.78, 5) is 11.9. The molecule has 0 radical (unpaired) electrons. The largest absolute Gasteiger partial charge is 0.398 e. The van der Waals surface area contributed by atoms with E-state index in [-0.39, 0.29) is 5.91 Å². The van der Waals surface area contributed by atoms with Crippen molar-refractivity contribution in [2.24, 2.45) is 0 Å². The van der Waals surface area contributed by atoms with Crippen molar-refractivity contribution in [1.82, 2.24) is 5.32 Å². The second kappa shape index (κ2) is 5.86. The molecular weight excluding hydrogens is 339 g/mol. The fourth-order valence-electron chi connectivity index (χ4n) is 1.58. The van der Waals surface area contributed by atoms with E-state index >= 15 is 0 Å². The number of halogens is 1. The van der Waals surface area contributed by atoms with Crippen LogP contribution < -0.4 is 11.1 Å². The Hall–Kier alpha value is -1.56. The first-order valence-corrected chi connectivity index (χ1v) is 6.62. The van der Waals surface area contributed by atoms with Gasteiger partial charge in [0.25, 0.3) is 5.91 Å². The first kappa shape index (κ1) is 12.9. The number of para-hydroxylation sites is 1. The van der Waals surface area contributed by atoms with Gasteiger partial charge in [-0.2, -0.15) is 0 Å². The van der Waals surface area contributed by atoms with Gasteiger partial charge in [-0.15, -0.1) is 0 Å². The molecular formula is C14H13IN2O. The summed E-state index contributed by atoms with van der Waals surface area (Å²) in [7, 11) is 0. The van der Waals surface area contributed by atoms with Crippen LogP contribution >= 0.6 is 22.6 Å². The van der Waals surface area contributed by atoms with Crippen LogP contribution in [-0.4, -0.2) is 5.91 Å². The molecule has 0 aliphatic carbocycles. The number of nitrogens with one attached hydrogen (secondary N) is 1. The van der Waals surface area contributed by atoms with Gasteiger partial charge in [-0.05, 0) is 52.4 Å². The number of hydrogen-bond acceptors (Lipinski definition) is 2. The van der Waals surface area contributed by atoms with Crippen molar-refractivity contribution in [3.63, 3.8) is 0 Å². The van der Waals surface area contributed by atoms with Gasteiger partial charge in [-0.25, -0.2) is 0 Å². The SMILES string of the molecule is Nc1ccccc1C(=O)NCc1ccc(I)cc1. The van der Waals surface area contributed by atoms with E-state index in [1.165, 1.54) is 3.57 Å². The summed E-state index contributed by atoms with van der Waals surface area (Å²) in [5.41, 5.74) is 7.83. The van der Waals surface area contributed by atoms with Crippen molar-refractivity contribution in [1.29, 1.82) is 0 Å². The highest BCUT2D eigenvalue weighted by molar-refractivity contribution is 14.1. The Bertz CT molecular complexity index is 552. The summed E-state index contributed by atoms with van der Waals surface area (Å²) in [5.74, 6) is -0.147. The highest BCUT2D eigenvalue weighted by Crippen LogP contribution is 2.11. The quantitative estimate of drug-likeness (QED) is 0.659. The lowest BCUT2D eigenvalue weighted by atomic mass is 10.1. The van der Waals surface area contributed by atoms with E-state index in [2.05, 4.69) is 27.9 Å². The highest BCUT2D eigenvalue weighted by Gasteiger charge is 2.07. The highest BCUT2D eigenvalue weighted by atomic mass is 127. The van der Waals surface area contributed by atoms with E-state index in [0.29, 0.717) is 17.8 Å². The number of anilines is 1. The van der Waals surface area contributed by atoms with Crippen molar-refractivity contribution in [3.05, 3.63) is 63.2 Å². The smallest absolute Gasteiger partial charge is 0.253 e. The van der Waals surface area contributed by atoms with E-state index in [0.717, 1.165) is 5.56 Å². The van der Waals surface area contributed by atoms with Crippen LogP contribution in [0, 0.1) is 3.57 Å². The van der Waals surface area contributed by atoms with Crippen molar-refractivity contribution in [3.8, 4) is 0 Å². The molecule has 4 heteroatoms. The van der Waals surface area contributed by atoms with E-state index in [4.69, 9.17) is 5.73 Å². The predicted octanol–water partition coefficient (Wildman–Crippen LogP) is 2.80. The number of carbonyl (C=O) groups is 1. The van der Waals surface area contributed by atoms with E-state index in [1.807, 2.05) is 30.3 Å². The molecule has 18 heavy (non-hydrogen) atoms. The molecule has 0 unspecified atom stereocenters. The van der Waals surface area contributed by atoms with Crippen LogP contribution in [0.2, 0.25) is 0 Å². The molecule has 0 heterocycles. The maximum atomic E-state index is 11.9. The Morgan fingerprint density at radius 2 is 1.78 bits per heavy atom. The van der Waals surface area contributed by atoms with Crippen molar-refractivity contribution in [2.45, 2.75) is 6.54 Å². The molecule has 3 nitrogen and oxygen atoms in total. The zero-order valence-electron chi connectivity index (χ0n) is 9.69. The Morgan fingerprint density at radius 1 is 1.11 bits per heavy atom. The minimum absolute atomic E-state index is 0.147. The standard InChI is InChI=1S/C14H13IN2O/c15-11-7-5-10(6-8-11)9-17-14(18)12-3-1-2-4-13(12)16/h1-8H,9,16H2,(H,17,18). The lowest BCUT2D eigenvalue weighted by molar-refractivity contribution is 0.0952. The molecule has 0 spiro atoms. The number of nitrogen functional groups attached to an aromatic ring is 1. The average Bonchev–Trinajstić information content (AvgIpc) is 2.38. The number of hydrogen-bond donors (Lipinski definition) is 2. The third-order valence-electron chi connectivity index (χ3n) is 2.57. The maximum absolute atomic E-state index is 11.9. The normalized spacial score (nSPS) is 10.1. The summed E-state index contributed by atoms with van der Waals surface area (Å²) in [6, 6.07) is 15.1. The second-order valence-electron chi connectivity index (χ2n) is 3.90. The fraction of sp³-hybridized carbons (Fsp3) is 0.0714. The van der Waals surface area contributed by atoms with Gasteiger partial charge in [0.05, 0.1) is 5.56 Å². The van der Waals surface area contributed by atoms with Crippen LogP contribution in [0.1, 0.15) is 15.9 Å². The third kappa shape index (κ3) is 3.22. The molecule has 0 bridgehead atoms. The van der Waals surface area contributed by atoms with Crippen molar-refractivity contribution in [2.75, 3.05) is 5.73 Å². The molecule has 0 saturated heterocycles. The van der Waals surface area contributed by atoms with Crippen LogP contribution in [0.3, 0.4) is 0 Å². The molecule has 0 fully saturated rings. The molecule has 1 amide bonds. The van der Waals surface area contributed by atoms with Gasteiger partial charge >= 0.3 is 0 Å². The molecule has 0 aromatic heterocycles. The summed E-state index contributed by atoms with van der Waals surface area (Å²) in [6.45, 7) is 0.504. The van der Waals surface area contributed by atoms with Crippen LogP contribution in [0.4, 0.5) is 5.69 Å². The minimum atomic E-state index is -0.147. The number of benzene rings is 2. The van der Waals surface area contributed by atoms with Gasteiger partial charge in [0, 0.05) is 15.8 Å². The molecule has 2 aromatic carbocycles. The Labute approximate surface area is 120 Å². The van der Waals surface area contributed by atoms with Gasteiger partial charge in [-0.3, -0.25) is 4.79 Å². The first-order valence-electron chi connectivity index (χ1n) is 5.54. The zero-order valence-corrected chi connectivity index (χ0v) is 11.8. The minimum Gasteiger partial charge on any atom is -0.398 e. The van der Waals surface area contributed by atoms with Gasteiger partial charge in [-0.1, -0.05) is 24.3 Å². The lowest BCUT2D eigenvalue weighted by Gasteiger charge is -2.07. The molecule has 0 aliphatic rings. The summed E-state index contributed by atoms with van der Waals surface area (Å²) < 4.78 is 1.18. The van der Waals surface area contributed by atoms with Gasteiger partial charge in [0.1, 0.15) is 0 Å². The Kier molecular flexibility index (Phi) is 4.19. The second-order valence-corrected chi connectivity index (χ2v) is 5.14. The molecule has 0 saturated carbocycles. The topological polar surface area (TPSA) is 55.1 Å². The van der Waals surface area contributed by atoms with Crippen LogP contribution in [0.5, 0.6) is 0 Å². The zero-order chi connectivity index (χ0) is 13.0. The Morgan fingerprint density at radius 3 is 2.44 bits per heavy atom. The molecule has 92 valence electrons. The van der Waals surface area contributed by atoms with Gasteiger partial charge in [0.2, 0.25) is 0 Å². The third-order valence-corrected chi connectivity index (χ3v) is 3.29. The lowest BCUT2D eigenvalue weighted by Crippen LogP contribution is -2.23. The van der Waals surface area contributed by atoms with E-state index in [9.17, 15) is 4.79 Å². The van der Waals surface area contributed by atoms with Crippen molar-refractivity contribution < 1.29 is 4.79 Å². The van der Waals surface area contributed by atoms with Crippen LogP contribution in [0.15, 0.2) is 48.5 Å². The van der Waals surface area contributed by atoms with Crippen LogP contribution in [-0.2, 0) is 6.54 Å². The average molecular weight is 352 g/mol. The maximum Gasteiger partial charge on any atom is 0.253 e. The molecule has 3 N–H and O–H groups in total. The van der Waals surface area contributed by atoms with Gasteiger partial charge in [0.15, 0.2) is 0 Å². The summed E-state index contributed by atoms with van der Waals surface area (Å²) in [5, 5.41) is 2.85. The number of rotatable bonds is 3. The molecule has 2 rings (SSSR count). The van der Waals surface area contributed by atoms with E-state index in [1.54, 1.807) is 18.2 Å². The number of nitrogens with two attached hydrogens (primary N) is 1.